The molecule has 2 rings (SSSR count). The molecule has 15 heavy (non-hydrogen) atoms. The van der Waals surface area contributed by atoms with Gasteiger partial charge in [0, 0.05) is 5.69 Å². The van der Waals surface area contributed by atoms with Crippen LogP contribution in [0.4, 0.5) is 5.69 Å². The van der Waals surface area contributed by atoms with E-state index in [0.717, 1.165) is 23.4 Å². The largest absolute Gasteiger partial charge is 0.399 e. The summed E-state index contributed by atoms with van der Waals surface area (Å²) in [5.41, 5.74) is 8.06. The average Bonchev–Trinajstić information content (AvgIpc) is 2.23. The Labute approximate surface area is 92.7 Å². The molecule has 1 fully saturated rings. The minimum Gasteiger partial charge on any atom is -0.399 e. The Kier molecular flexibility index (Phi) is 2.99. The normalized spacial score (nSPS) is 31.5. The van der Waals surface area contributed by atoms with Crippen molar-refractivity contribution in [2.45, 2.75) is 39.0 Å². The molecule has 1 aliphatic rings. The Hall–Kier alpha value is -0.980. The Morgan fingerprint density at radius 2 is 1.73 bits per heavy atom. The third-order valence-electron chi connectivity index (χ3n) is 3.82. The van der Waals surface area contributed by atoms with Crippen LogP contribution in [0.1, 0.15) is 44.6 Å². The summed E-state index contributed by atoms with van der Waals surface area (Å²) in [6, 6.07) is 8.46. The molecule has 0 radical (unpaired) electrons. The van der Waals surface area contributed by atoms with Crippen molar-refractivity contribution < 1.29 is 0 Å². The van der Waals surface area contributed by atoms with Crippen LogP contribution in [-0.2, 0) is 0 Å². The molecular formula is C14H21N. The highest BCUT2D eigenvalue weighted by Gasteiger charge is 2.26. The molecule has 1 nitrogen and oxygen atoms in total. The van der Waals surface area contributed by atoms with Crippen LogP contribution in [0.3, 0.4) is 0 Å². The van der Waals surface area contributed by atoms with Crippen molar-refractivity contribution in [2.24, 2.45) is 11.8 Å². The first-order valence-electron chi connectivity index (χ1n) is 6.02. The zero-order valence-electron chi connectivity index (χ0n) is 9.74. The number of nitrogens with two attached hydrogens (primary N) is 1. The second-order valence-electron chi connectivity index (χ2n) is 5.17. The van der Waals surface area contributed by atoms with E-state index in [-0.39, 0.29) is 0 Å². The van der Waals surface area contributed by atoms with Gasteiger partial charge < -0.3 is 5.73 Å². The van der Waals surface area contributed by atoms with Crippen molar-refractivity contribution in [3.05, 3.63) is 29.8 Å². The third kappa shape index (κ3) is 2.34. The first-order chi connectivity index (χ1) is 7.16. The molecule has 1 heteroatoms. The van der Waals surface area contributed by atoms with Crippen LogP contribution in [-0.4, -0.2) is 0 Å². The van der Waals surface area contributed by atoms with Gasteiger partial charge in [0.1, 0.15) is 0 Å². The number of benzene rings is 1. The van der Waals surface area contributed by atoms with Crippen LogP contribution in [0.25, 0.3) is 0 Å². The summed E-state index contributed by atoms with van der Waals surface area (Å²) in [5, 5.41) is 0. The molecule has 1 aromatic carbocycles. The molecule has 82 valence electrons. The van der Waals surface area contributed by atoms with Gasteiger partial charge in [0.25, 0.3) is 0 Å². The minimum atomic E-state index is 0.745. The van der Waals surface area contributed by atoms with Crippen molar-refractivity contribution in [3.8, 4) is 0 Å². The summed E-state index contributed by atoms with van der Waals surface area (Å²) >= 11 is 0. The first kappa shape index (κ1) is 10.5. The zero-order valence-corrected chi connectivity index (χ0v) is 9.74. The summed E-state index contributed by atoms with van der Waals surface area (Å²) in [6.45, 7) is 4.75. The molecule has 0 spiro atoms. The molecule has 1 aromatic rings. The van der Waals surface area contributed by atoms with Gasteiger partial charge in [-0.2, -0.15) is 0 Å². The number of hydrogen-bond acceptors (Lipinski definition) is 1. The quantitative estimate of drug-likeness (QED) is 0.690. The highest BCUT2D eigenvalue weighted by Crippen LogP contribution is 2.40. The summed E-state index contributed by atoms with van der Waals surface area (Å²) in [5.74, 6) is 2.45. The maximum absolute atomic E-state index is 5.72. The Morgan fingerprint density at radius 3 is 2.40 bits per heavy atom. The molecule has 1 saturated carbocycles. The number of rotatable bonds is 1. The van der Waals surface area contributed by atoms with E-state index in [9.17, 15) is 0 Å². The highest BCUT2D eigenvalue weighted by atomic mass is 14.5. The molecule has 0 unspecified atom stereocenters. The Morgan fingerprint density at radius 1 is 1.07 bits per heavy atom. The van der Waals surface area contributed by atoms with Crippen LogP contribution < -0.4 is 5.73 Å². The van der Waals surface area contributed by atoms with E-state index in [1.54, 1.807) is 0 Å². The number of hydrogen-bond donors (Lipinski definition) is 1. The summed E-state index contributed by atoms with van der Waals surface area (Å²) in [4.78, 5) is 0. The molecule has 0 saturated heterocycles. The minimum absolute atomic E-state index is 0.745. The first-order valence-corrected chi connectivity index (χ1v) is 6.02. The van der Waals surface area contributed by atoms with E-state index in [1.807, 2.05) is 12.1 Å². The van der Waals surface area contributed by atoms with Crippen molar-refractivity contribution >= 4 is 5.69 Å². The Bertz CT molecular complexity index is 315. The monoisotopic (exact) mass is 203 g/mol. The van der Waals surface area contributed by atoms with Gasteiger partial charge in [-0.05, 0) is 48.3 Å². The van der Waals surface area contributed by atoms with Gasteiger partial charge in [-0.25, -0.2) is 0 Å². The van der Waals surface area contributed by atoms with Crippen LogP contribution in [0.15, 0.2) is 24.3 Å². The van der Waals surface area contributed by atoms with Crippen molar-refractivity contribution in [2.75, 3.05) is 5.73 Å². The van der Waals surface area contributed by atoms with Gasteiger partial charge in [0.05, 0.1) is 0 Å². The van der Waals surface area contributed by atoms with E-state index in [1.165, 1.54) is 24.8 Å². The predicted molar refractivity (Wildman–Crippen MR) is 65.8 cm³/mol. The van der Waals surface area contributed by atoms with E-state index in [4.69, 9.17) is 5.73 Å². The molecule has 2 N–H and O–H groups in total. The van der Waals surface area contributed by atoms with Crippen LogP contribution in [0.5, 0.6) is 0 Å². The molecule has 3 atom stereocenters. The predicted octanol–water partition coefficient (Wildman–Crippen LogP) is 3.81. The summed E-state index contributed by atoms with van der Waals surface area (Å²) in [7, 11) is 0. The molecule has 1 aliphatic carbocycles. The number of nitrogen functional groups attached to an aromatic ring is 1. The van der Waals surface area contributed by atoms with Crippen molar-refractivity contribution in [1.82, 2.24) is 0 Å². The number of anilines is 1. The van der Waals surface area contributed by atoms with Gasteiger partial charge in [0.2, 0.25) is 0 Å². The third-order valence-corrected chi connectivity index (χ3v) is 3.82. The lowest BCUT2D eigenvalue weighted by Gasteiger charge is -2.33. The van der Waals surface area contributed by atoms with Gasteiger partial charge in [-0.15, -0.1) is 0 Å². The SMILES string of the molecule is C[C@@H]1CC[C@H](C)[C@@H](c2ccc(N)cc2)C1. The van der Waals surface area contributed by atoms with Crippen molar-refractivity contribution in [1.29, 1.82) is 0 Å². The van der Waals surface area contributed by atoms with Crippen LogP contribution >= 0.6 is 0 Å². The van der Waals surface area contributed by atoms with Gasteiger partial charge in [-0.3, -0.25) is 0 Å². The van der Waals surface area contributed by atoms with Gasteiger partial charge in [0.15, 0.2) is 0 Å². The lowest BCUT2D eigenvalue weighted by Crippen LogP contribution is -2.19. The molecular weight excluding hydrogens is 182 g/mol. The molecule has 0 aromatic heterocycles. The molecule has 0 bridgehead atoms. The highest BCUT2D eigenvalue weighted by molar-refractivity contribution is 5.40. The zero-order chi connectivity index (χ0) is 10.8. The van der Waals surface area contributed by atoms with Crippen LogP contribution in [0.2, 0.25) is 0 Å². The van der Waals surface area contributed by atoms with Gasteiger partial charge in [-0.1, -0.05) is 32.4 Å². The average molecular weight is 203 g/mol. The second-order valence-corrected chi connectivity index (χ2v) is 5.17. The topological polar surface area (TPSA) is 26.0 Å². The van der Waals surface area contributed by atoms with Crippen molar-refractivity contribution in [3.63, 3.8) is 0 Å². The smallest absolute Gasteiger partial charge is 0.0314 e. The second kappa shape index (κ2) is 4.26. The molecule has 0 amide bonds. The molecule has 0 aliphatic heterocycles. The summed E-state index contributed by atoms with van der Waals surface area (Å²) < 4.78 is 0. The fourth-order valence-electron chi connectivity index (χ4n) is 2.74. The lowest BCUT2D eigenvalue weighted by molar-refractivity contribution is 0.264. The van der Waals surface area contributed by atoms with Gasteiger partial charge >= 0.3 is 0 Å². The van der Waals surface area contributed by atoms with Crippen LogP contribution in [0, 0.1) is 11.8 Å². The maximum atomic E-state index is 5.72. The van der Waals surface area contributed by atoms with E-state index < -0.39 is 0 Å². The summed E-state index contributed by atoms with van der Waals surface area (Å²) in [6.07, 6.45) is 4.11. The fourth-order valence-corrected chi connectivity index (χ4v) is 2.74. The van der Waals surface area contributed by atoms with E-state index in [0.29, 0.717) is 0 Å². The fraction of sp³-hybridized carbons (Fsp3) is 0.571. The Balaban J connectivity index is 2.17. The maximum Gasteiger partial charge on any atom is 0.0314 e. The molecule has 0 heterocycles. The van der Waals surface area contributed by atoms with E-state index in [2.05, 4.69) is 26.0 Å². The van der Waals surface area contributed by atoms with E-state index >= 15 is 0 Å². The standard InChI is InChI=1S/C14H21N/c1-10-3-4-11(2)14(9-10)12-5-7-13(15)8-6-12/h5-8,10-11,14H,3-4,9,15H2,1-2H3/t10-,11+,14+/m1/s1. The lowest BCUT2D eigenvalue weighted by atomic mass is 9.72.